The Balaban J connectivity index is 2.11. The first-order valence-corrected chi connectivity index (χ1v) is 8.82. The molecule has 2 rings (SSSR count). The number of methoxy groups -OCH3 is 1. The van der Waals surface area contributed by atoms with Gasteiger partial charge in [0.15, 0.2) is 11.5 Å². The van der Waals surface area contributed by atoms with Crippen LogP contribution in [-0.2, 0) is 13.1 Å². The Morgan fingerprint density at radius 2 is 1.62 bits per heavy atom. The molecule has 0 saturated carbocycles. The summed E-state index contributed by atoms with van der Waals surface area (Å²) in [6.45, 7) is 7.86. The van der Waals surface area contributed by atoms with Gasteiger partial charge in [0.05, 0.1) is 13.7 Å². The normalized spacial score (nSPS) is 10.8. The smallest absolute Gasteiger partial charge is 0.161 e. The predicted octanol–water partition coefficient (Wildman–Crippen LogP) is 4.90. The molecule has 0 aliphatic carbocycles. The molecule has 0 bridgehead atoms. The van der Waals surface area contributed by atoms with Crippen molar-refractivity contribution in [3.8, 4) is 11.5 Å². The largest absolute Gasteiger partial charge is 0.493 e. The van der Waals surface area contributed by atoms with Crippen molar-refractivity contribution in [2.75, 3.05) is 20.3 Å². The summed E-state index contributed by atoms with van der Waals surface area (Å²) in [5.74, 6) is 1.62. The summed E-state index contributed by atoms with van der Waals surface area (Å²) in [6, 6.07) is 16.9. The molecule has 2 aromatic carbocycles. The summed E-state index contributed by atoms with van der Waals surface area (Å²) in [5, 5.41) is 0. The number of nitrogens with zero attached hydrogens (tertiary/aromatic N) is 1. The van der Waals surface area contributed by atoms with Gasteiger partial charge >= 0.3 is 0 Å². The lowest BCUT2D eigenvalue weighted by molar-refractivity contribution is 0.251. The van der Waals surface area contributed by atoms with E-state index in [-0.39, 0.29) is 0 Å². The molecular formula is C21H29NO2. The molecule has 3 nitrogen and oxygen atoms in total. The lowest BCUT2D eigenvalue weighted by Gasteiger charge is -2.23. The topological polar surface area (TPSA) is 21.7 Å². The first-order valence-electron chi connectivity index (χ1n) is 8.82. The van der Waals surface area contributed by atoms with Crippen molar-refractivity contribution >= 4 is 0 Å². The second kappa shape index (κ2) is 9.99. The SMILES string of the molecule is CCCCN(Cc1ccccc1)Cc1ccc(OC)c(OCC)c1. The van der Waals surface area contributed by atoms with E-state index in [1.165, 1.54) is 24.0 Å². The second-order valence-corrected chi connectivity index (χ2v) is 5.97. The minimum Gasteiger partial charge on any atom is -0.493 e. The van der Waals surface area contributed by atoms with Crippen LogP contribution >= 0.6 is 0 Å². The van der Waals surface area contributed by atoms with Crippen LogP contribution in [0.5, 0.6) is 11.5 Å². The Morgan fingerprint density at radius 3 is 2.29 bits per heavy atom. The highest BCUT2D eigenvalue weighted by Crippen LogP contribution is 2.28. The zero-order valence-corrected chi connectivity index (χ0v) is 15.1. The van der Waals surface area contributed by atoms with Gasteiger partial charge in [-0.25, -0.2) is 0 Å². The molecule has 0 radical (unpaired) electrons. The van der Waals surface area contributed by atoms with Gasteiger partial charge in [0, 0.05) is 13.1 Å². The van der Waals surface area contributed by atoms with Crippen LogP contribution in [0.15, 0.2) is 48.5 Å². The Morgan fingerprint density at radius 1 is 0.875 bits per heavy atom. The molecule has 0 atom stereocenters. The fraction of sp³-hybridized carbons (Fsp3) is 0.429. The van der Waals surface area contributed by atoms with Crippen molar-refractivity contribution < 1.29 is 9.47 Å². The third-order valence-electron chi connectivity index (χ3n) is 4.01. The predicted molar refractivity (Wildman–Crippen MR) is 99.6 cm³/mol. The Hall–Kier alpha value is -2.00. The minimum absolute atomic E-state index is 0.642. The Bertz CT molecular complexity index is 598. The van der Waals surface area contributed by atoms with Crippen molar-refractivity contribution in [1.82, 2.24) is 4.90 Å². The second-order valence-electron chi connectivity index (χ2n) is 5.97. The highest BCUT2D eigenvalue weighted by Gasteiger charge is 2.10. The lowest BCUT2D eigenvalue weighted by Crippen LogP contribution is -2.24. The van der Waals surface area contributed by atoms with E-state index in [1.807, 2.05) is 13.0 Å². The summed E-state index contributed by atoms with van der Waals surface area (Å²) in [4.78, 5) is 2.50. The summed E-state index contributed by atoms with van der Waals surface area (Å²) in [6.07, 6.45) is 2.42. The third-order valence-corrected chi connectivity index (χ3v) is 4.01. The van der Waals surface area contributed by atoms with Gasteiger partial charge in [-0.15, -0.1) is 0 Å². The molecule has 0 amide bonds. The molecule has 0 N–H and O–H groups in total. The van der Waals surface area contributed by atoms with E-state index < -0.39 is 0 Å². The summed E-state index contributed by atoms with van der Waals surface area (Å²) in [7, 11) is 1.68. The fourth-order valence-corrected chi connectivity index (χ4v) is 2.78. The first kappa shape index (κ1) is 18.3. The highest BCUT2D eigenvalue weighted by molar-refractivity contribution is 5.43. The first-order chi connectivity index (χ1) is 11.8. The number of hydrogen-bond acceptors (Lipinski definition) is 3. The van der Waals surface area contributed by atoms with E-state index in [0.29, 0.717) is 6.61 Å². The number of rotatable bonds is 10. The van der Waals surface area contributed by atoms with E-state index in [4.69, 9.17) is 9.47 Å². The van der Waals surface area contributed by atoms with Crippen LogP contribution in [0.1, 0.15) is 37.8 Å². The van der Waals surface area contributed by atoms with Gasteiger partial charge in [-0.05, 0) is 43.1 Å². The van der Waals surface area contributed by atoms with Gasteiger partial charge in [-0.3, -0.25) is 4.90 Å². The maximum Gasteiger partial charge on any atom is 0.161 e. The number of unbranched alkanes of at least 4 members (excludes halogenated alkanes) is 1. The molecule has 0 aliphatic heterocycles. The van der Waals surface area contributed by atoms with Crippen LogP contribution in [0.3, 0.4) is 0 Å². The molecule has 130 valence electrons. The van der Waals surface area contributed by atoms with Crippen molar-refractivity contribution in [2.45, 2.75) is 39.8 Å². The van der Waals surface area contributed by atoms with Crippen molar-refractivity contribution in [1.29, 1.82) is 0 Å². The molecule has 0 unspecified atom stereocenters. The maximum atomic E-state index is 5.71. The average molecular weight is 327 g/mol. The molecule has 0 aliphatic rings. The van der Waals surface area contributed by atoms with Crippen LogP contribution in [0, 0.1) is 0 Å². The van der Waals surface area contributed by atoms with Crippen molar-refractivity contribution in [2.24, 2.45) is 0 Å². The van der Waals surface area contributed by atoms with Crippen LogP contribution in [0.25, 0.3) is 0 Å². The van der Waals surface area contributed by atoms with E-state index in [0.717, 1.165) is 31.1 Å². The fourth-order valence-electron chi connectivity index (χ4n) is 2.78. The zero-order chi connectivity index (χ0) is 17.2. The molecular weight excluding hydrogens is 298 g/mol. The maximum absolute atomic E-state index is 5.71. The molecule has 0 saturated heterocycles. The monoisotopic (exact) mass is 327 g/mol. The van der Waals surface area contributed by atoms with Gasteiger partial charge in [0.2, 0.25) is 0 Å². The zero-order valence-electron chi connectivity index (χ0n) is 15.1. The van der Waals surface area contributed by atoms with Gasteiger partial charge < -0.3 is 9.47 Å². The van der Waals surface area contributed by atoms with Gasteiger partial charge in [-0.1, -0.05) is 49.7 Å². The number of ether oxygens (including phenoxy) is 2. The highest BCUT2D eigenvalue weighted by atomic mass is 16.5. The van der Waals surface area contributed by atoms with Crippen LogP contribution < -0.4 is 9.47 Å². The van der Waals surface area contributed by atoms with Crippen LogP contribution in [0.2, 0.25) is 0 Å². The molecule has 0 heterocycles. The quantitative estimate of drug-likeness (QED) is 0.620. The average Bonchev–Trinajstić information content (AvgIpc) is 2.61. The molecule has 0 fully saturated rings. The van der Waals surface area contributed by atoms with E-state index >= 15 is 0 Å². The summed E-state index contributed by atoms with van der Waals surface area (Å²) >= 11 is 0. The standard InChI is InChI=1S/C21H29NO2/c1-4-6-14-22(16-18-10-8-7-9-11-18)17-19-12-13-20(23-3)21(15-19)24-5-2/h7-13,15H,4-6,14,16-17H2,1-3H3. The van der Waals surface area contributed by atoms with Gasteiger partial charge in [0.1, 0.15) is 0 Å². The summed E-state index contributed by atoms with van der Waals surface area (Å²) < 4.78 is 11.1. The Labute approximate surface area is 146 Å². The van der Waals surface area contributed by atoms with Gasteiger partial charge in [-0.2, -0.15) is 0 Å². The molecule has 24 heavy (non-hydrogen) atoms. The van der Waals surface area contributed by atoms with Gasteiger partial charge in [0.25, 0.3) is 0 Å². The summed E-state index contributed by atoms with van der Waals surface area (Å²) in [5.41, 5.74) is 2.61. The van der Waals surface area contributed by atoms with E-state index in [2.05, 4.69) is 54.3 Å². The van der Waals surface area contributed by atoms with Crippen molar-refractivity contribution in [3.63, 3.8) is 0 Å². The van der Waals surface area contributed by atoms with E-state index in [9.17, 15) is 0 Å². The van der Waals surface area contributed by atoms with Crippen LogP contribution in [-0.4, -0.2) is 25.2 Å². The minimum atomic E-state index is 0.642. The van der Waals surface area contributed by atoms with Crippen molar-refractivity contribution in [3.05, 3.63) is 59.7 Å². The molecule has 3 heteroatoms. The molecule has 0 spiro atoms. The molecule has 0 aromatic heterocycles. The Kier molecular flexibility index (Phi) is 7.63. The third kappa shape index (κ3) is 5.57. The van der Waals surface area contributed by atoms with Crippen LogP contribution in [0.4, 0.5) is 0 Å². The number of hydrogen-bond donors (Lipinski definition) is 0. The number of benzene rings is 2. The molecule has 2 aromatic rings. The van der Waals surface area contributed by atoms with E-state index in [1.54, 1.807) is 7.11 Å². The lowest BCUT2D eigenvalue weighted by atomic mass is 10.1.